The van der Waals surface area contributed by atoms with Gasteiger partial charge in [-0.1, -0.05) is 72.8 Å². The van der Waals surface area contributed by atoms with E-state index in [4.69, 9.17) is 0 Å². The van der Waals surface area contributed by atoms with E-state index in [0.717, 1.165) is 38.7 Å². The lowest BCUT2D eigenvalue weighted by atomic mass is 10.0. The first-order valence-electron chi connectivity index (χ1n) is 10.5. The Labute approximate surface area is 191 Å². The summed E-state index contributed by atoms with van der Waals surface area (Å²) in [5.41, 5.74) is 4.51. The molecule has 0 aliphatic carbocycles. The molecule has 0 N–H and O–H groups in total. The summed E-state index contributed by atoms with van der Waals surface area (Å²) in [6.07, 6.45) is 5.10. The Balaban J connectivity index is 1.64. The van der Waals surface area contributed by atoms with Gasteiger partial charge in [-0.15, -0.1) is 11.3 Å². The van der Waals surface area contributed by atoms with Gasteiger partial charge in [-0.25, -0.2) is 0 Å². The number of fused-ring (bicyclic) bond motifs is 1. The summed E-state index contributed by atoms with van der Waals surface area (Å²) in [4.78, 5) is 15.1. The first-order valence-corrected chi connectivity index (χ1v) is 11.3. The number of para-hydroxylation sites is 2. The van der Waals surface area contributed by atoms with Crippen LogP contribution in [0.4, 0.5) is 17.1 Å². The molecule has 0 saturated carbocycles. The molecule has 154 valence electrons. The van der Waals surface area contributed by atoms with Crippen molar-refractivity contribution in [3.63, 3.8) is 0 Å². The van der Waals surface area contributed by atoms with E-state index in [9.17, 15) is 4.79 Å². The zero-order valence-corrected chi connectivity index (χ0v) is 18.2. The molecule has 0 unspecified atom stereocenters. The predicted molar refractivity (Wildman–Crippen MR) is 137 cm³/mol. The Bertz CT molecular complexity index is 1350. The molecule has 5 rings (SSSR count). The Morgan fingerprint density at radius 2 is 1.16 bits per heavy atom. The van der Waals surface area contributed by atoms with Gasteiger partial charge in [0.05, 0.1) is 10.6 Å². The van der Waals surface area contributed by atoms with Crippen LogP contribution in [0.3, 0.4) is 0 Å². The van der Waals surface area contributed by atoms with Crippen LogP contribution in [0.25, 0.3) is 22.9 Å². The highest BCUT2D eigenvalue weighted by Crippen LogP contribution is 2.39. The molecular formula is C29H21NOS. The molecule has 0 amide bonds. The van der Waals surface area contributed by atoms with Gasteiger partial charge in [-0.3, -0.25) is 4.79 Å². The van der Waals surface area contributed by atoms with Crippen molar-refractivity contribution < 1.29 is 4.79 Å². The maximum atomic E-state index is 11.0. The summed E-state index contributed by atoms with van der Waals surface area (Å²) >= 11 is 1.50. The fourth-order valence-corrected chi connectivity index (χ4v) is 4.65. The van der Waals surface area contributed by atoms with Crippen molar-refractivity contribution in [3.05, 3.63) is 125 Å². The highest BCUT2D eigenvalue weighted by Gasteiger charge is 2.15. The molecule has 2 nitrogen and oxygen atoms in total. The first kappa shape index (κ1) is 20.0. The Morgan fingerprint density at radius 3 is 1.78 bits per heavy atom. The van der Waals surface area contributed by atoms with E-state index in [1.54, 1.807) is 0 Å². The summed E-state index contributed by atoms with van der Waals surface area (Å²) in [7, 11) is 0. The fraction of sp³-hybridized carbons (Fsp3) is 0. The largest absolute Gasteiger partial charge is 0.310 e. The van der Waals surface area contributed by atoms with E-state index in [2.05, 4.69) is 102 Å². The van der Waals surface area contributed by atoms with Gasteiger partial charge < -0.3 is 4.90 Å². The number of hydrogen-bond acceptors (Lipinski definition) is 3. The van der Waals surface area contributed by atoms with E-state index in [0.29, 0.717) is 0 Å². The van der Waals surface area contributed by atoms with Gasteiger partial charge in [0.2, 0.25) is 0 Å². The SMILES string of the molecule is O=Cc1ccc(/C=C/c2ccc(N(c3ccccc3)c3ccccc3)c3ccccc23)s1. The van der Waals surface area contributed by atoms with Crippen LogP contribution in [0.1, 0.15) is 20.1 Å². The van der Waals surface area contributed by atoms with Gasteiger partial charge in [-0.2, -0.15) is 0 Å². The molecule has 3 heteroatoms. The number of nitrogens with zero attached hydrogens (tertiary/aromatic N) is 1. The molecule has 0 fully saturated rings. The number of benzene rings is 4. The van der Waals surface area contributed by atoms with Crippen LogP contribution in [0, 0.1) is 0 Å². The van der Waals surface area contributed by atoms with Gasteiger partial charge in [0.15, 0.2) is 6.29 Å². The van der Waals surface area contributed by atoms with E-state index >= 15 is 0 Å². The maximum Gasteiger partial charge on any atom is 0.160 e. The highest BCUT2D eigenvalue weighted by atomic mass is 32.1. The third-order valence-electron chi connectivity index (χ3n) is 5.40. The van der Waals surface area contributed by atoms with Crippen molar-refractivity contribution in [2.75, 3.05) is 4.90 Å². The summed E-state index contributed by atoms with van der Waals surface area (Å²) in [6, 6.07) is 37.6. The number of carbonyl (C=O) groups excluding carboxylic acids is 1. The Morgan fingerprint density at radius 1 is 0.562 bits per heavy atom. The standard InChI is InChI=1S/C29H21NOS/c31-21-26-19-18-25(32-26)17-15-22-16-20-29(28-14-8-7-13-27(22)28)30(23-9-3-1-4-10-23)24-11-5-2-6-12-24/h1-21H/b17-15+. The van der Waals surface area contributed by atoms with E-state index in [1.807, 2.05) is 24.3 Å². The minimum Gasteiger partial charge on any atom is -0.310 e. The number of hydrogen-bond donors (Lipinski definition) is 0. The number of carbonyl (C=O) groups is 1. The van der Waals surface area contributed by atoms with Crippen LogP contribution in [-0.2, 0) is 0 Å². The Kier molecular flexibility index (Phi) is 5.65. The molecule has 0 spiro atoms. The van der Waals surface area contributed by atoms with Crippen LogP contribution in [0.15, 0.2) is 109 Å². The third-order valence-corrected chi connectivity index (χ3v) is 6.37. The molecule has 32 heavy (non-hydrogen) atoms. The molecule has 4 aromatic carbocycles. The second kappa shape index (κ2) is 9.04. The van der Waals surface area contributed by atoms with Gasteiger partial charge in [0, 0.05) is 21.6 Å². The minimum atomic E-state index is 0.742. The Hall–Kier alpha value is -3.95. The lowest BCUT2D eigenvalue weighted by molar-refractivity contribution is 0.112. The topological polar surface area (TPSA) is 20.3 Å². The van der Waals surface area contributed by atoms with Crippen LogP contribution in [-0.4, -0.2) is 6.29 Å². The van der Waals surface area contributed by atoms with Crippen molar-refractivity contribution in [2.24, 2.45) is 0 Å². The van der Waals surface area contributed by atoms with Crippen molar-refractivity contribution in [3.8, 4) is 0 Å². The molecule has 1 aromatic heterocycles. The molecule has 1 heterocycles. The fourth-order valence-electron chi connectivity index (χ4n) is 3.92. The number of rotatable bonds is 6. The van der Waals surface area contributed by atoms with E-state index in [1.165, 1.54) is 22.1 Å². The van der Waals surface area contributed by atoms with Crippen LogP contribution >= 0.6 is 11.3 Å². The lowest BCUT2D eigenvalue weighted by Gasteiger charge is -2.27. The summed E-state index contributed by atoms with van der Waals surface area (Å²) in [6.45, 7) is 0. The normalized spacial score (nSPS) is 11.1. The van der Waals surface area contributed by atoms with E-state index < -0.39 is 0 Å². The second-order valence-corrected chi connectivity index (χ2v) is 8.56. The van der Waals surface area contributed by atoms with Gasteiger partial charge in [-0.05, 0) is 59.5 Å². The molecule has 0 radical (unpaired) electrons. The molecule has 0 aliphatic rings. The second-order valence-electron chi connectivity index (χ2n) is 7.42. The van der Waals surface area contributed by atoms with Crippen LogP contribution in [0.5, 0.6) is 0 Å². The van der Waals surface area contributed by atoms with E-state index in [-0.39, 0.29) is 0 Å². The van der Waals surface area contributed by atoms with Gasteiger partial charge in [0.1, 0.15) is 0 Å². The molecule has 0 bridgehead atoms. The third kappa shape index (κ3) is 3.98. The monoisotopic (exact) mass is 431 g/mol. The maximum absolute atomic E-state index is 11.0. The molecule has 0 aliphatic heterocycles. The zero-order valence-electron chi connectivity index (χ0n) is 17.4. The summed E-state index contributed by atoms with van der Waals surface area (Å²) in [5, 5.41) is 2.37. The van der Waals surface area contributed by atoms with Crippen molar-refractivity contribution in [1.29, 1.82) is 0 Å². The average molecular weight is 432 g/mol. The number of thiophene rings is 1. The summed E-state index contributed by atoms with van der Waals surface area (Å²) in [5.74, 6) is 0. The van der Waals surface area contributed by atoms with Gasteiger partial charge >= 0.3 is 0 Å². The molecule has 0 atom stereocenters. The average Bonchev–Trinajstić information content (AvgIpc) is 3.33. The zero-order chi connectivity index (χ0) is 21.8. The predicted octanol–water partition coefficient (Wildman–Crippen LogP) is 8.35. The summed E-state index contributed by atoms with van der Waals surface area (Å²) < 4.78 is 0. The van der Waals surface area contributed by atoms with Crippen molar-refractivity contribution in [2.45, 2.75) is 0 Å². The van der Waals surface area contributed by atoms with Crippen LogP contribution < -0.4 is 4.90 Å². The number of aldehydes is 1. The highest BCUT2D eigenvalue weighted by molar-refractivity contribution is 7.14. The molecule has 5 aromatic rings. The van der Waals surface area contributed by atoms with Crippen molar-refractivity contribution in [1.82, 2.24) is 0 Å². The van der Waals surface area contributed by atoms with Crippen molar-refractivity contribution >= 4 is 57.6 Å². The van der Waals surface area contributed by atoms with Crippen LogP contribution in [0.2, 0.25) is 0 Å². The smallest absolute Gasteiger partial charge is 0.160 e. The number of anilines is 3. The van der Waals surface area contributed by atoms with Gasteiger partial charge in [0.25, 0.3) is 0 Å². The molecule has 0 saturated heterocycles. The minimum absolute atomic E-state index is 0.742. The molecular weight excluding hydrogens is 410 g/mol. The lowest BCUT2D eigenvalue weighted by Crippen LogP contribution is -2.10. The quantitative estimate of drug-likeness (QED) is 0.252. The first-order chi connectivity index (χ1) is 15.8.